The number of hydrogen-bond donors (Lipinski definition) is 2. The molecule has 2 aliphatic carbocycles. The van der Waals surface area contributed by atoms with Crippen LogP contribution in [0, 0.1) is 22.7 Å². The van der Waals surface area contributed by atoms with E-state index >= 15 is 0 Å². The first-order chi connectivity index (χ1) is 12.9. The van der Waals surface area contributed by atoms with E-state index in [0.717, 1.165) is 30.6 Å². The number of rotatable bonds is 5. The summed E-state index contributed by atoms with van der Waals surface area (Å²) in [6.45, 7) is 5.18. The molecule has 2 bridgehead atoms. The molecule has 1 saturated heterocycles. The molecule has 4 rings (SSSR count). The van der Waals surface area contributed by atoms with Crippen LogP contribution in [0.3, 0.4) is 0 Å². The van der Waals surface area contributed by atoms with Crippen LogP contribution in [0.5, 0.6) is 5.75 Å². The summed E-state index contributed by atoms with van der Waals surface area (Å²) < 4.78 is 11.9. The van der Waals surface area contributed by atoms with Crippen LogP contribution in [0.1, 0.15) is 51.2 Å². The normalized spacial score (nSPS) is 36.3. The lowest BCUT2D eigenvalue weighted by atomic mass is 9.58. The first kappa shape index (κ1) is 18.8. The van der Waals surface area contributed by atoms with Crippen LogP contribution < -0.4 is 10.1 Å². The number of aliphatic hydroxyl groups is 1. The molecule has 1 aromatic carbocycles. The first-order valence-corrected chi connectivity index (χ1v) is 10.1. The molecule has 5 nitrogen and oxygen atoms in total. The number of aliphatic hydroxyl groups excluding tert-OH is 1. The van der Waals surface area contributed by atoms with E-state index in [1.807, 2.05) is 18.2 Å². The molecule has 2 N–H and O–H groups in total. The molecule has 148 valence electrons. The molecule has 2 saturated carbocycles. The van der Waals surface area contributed by atoms with Gasteiger partial charge in [0.15, 0.2) is 0 Å². The number of carbonyl (C=O) groups is 1. The number of fused-ring (bicyclic) bond motifs is 1. The van der Waals surface area contributed by atoms with Crippen LogP contribution in [0.2, 0.25) is 0 Å². The highest BCUT2D eigenvalue weighted by atomic mass is 16.5. The number of nitrogens with one attached hydrogen (secondary N) is 1. The first-order valence-electron chi connectivity index (χ1n) is 10.1. The van der Waals surface area contributed by atoms with Gasteiger partial charge in [0, 0.05) is 24.6 Å². The lowest BCUT2D eigenvalue weighted by Gasteiger charge is -2.53. The summed E-state index contributed by atoms with van der Waals surface area (Å²) in [5, 5.41) is 12.5. The molecule has 3 aliphatic rings. The van der Waals surface area contributed by atoms with Crippen LogP contribution in [0.4, 0.5) is 0 Å². The molecule has 1 aliphatic heterocycles. The van der Waals surface area contributed by atoms with E-state index in [1.54, 1.807) is 7.11 Å². The maximum atomic E-state index is 12.4. The second kappa shape index (κ2) is 6.78. The van der Waals surface area contributed by atoms with E-state index in [0.29, 0.717) is 18.4 Å². The Morgan fingerprint density at radius 1 is 1.37 bits per heavy atom. The van der Waals surface area contributed by atoms with Gasteiger partial charge in [-0.2, -0.15) is 0 Å². The summed E-state index contributed by atoms with van der Waals surface area (Å²) in [5.74, 6) is 1.78. The summed E-state index contributed by atoms with van der Waals surface area (Å²) in [4.78, 5) is 12.4. The molecule has 1 unspecified atom stereocenters. The molecule has 0 radical (unpaired) electrons. The number of amides is 1. The van der Waals surface area contributed by atoms with Crippen molar-refractivity contribution >= 4 is 5.91 Å². The minimum atomic E-state index is -0.105. The van der Waals surface area contributed by atoms with Crippen molar-refractivity contribution in [3.05, 3.63) is 29.8 Å². The van der Waals surface area contributed by atoms with Crippen LogP contribution in [-0.2, 0) is 9.53 Å². The number of benzene rings is 1. The van der Waals surface area contributed by atoms with Gasteiger partial charge in [-0.1, -0.05) is 32.0 Å². The molecule has 5 heteroatoms. The smallest absolute Gasteiger partial charge is 0.222 e. The standard InChI is InChI=1S/C22H31NO4/c1-21(2)14-12-16-19(15-6-4-5-7-17(15)26-3)27-11-9-22(16,13-14)20(21)23-18(25)8-10-24/h4-7,14,16,19-20,24H,8-13H2,1-3H3,(H,23,25)/t14-,16-,19-,20+,22?/m1/s1. The highest BCUT2D eigenvalue weighted by Gasteiger charge is 2.68. The monoisotopic (exact) mass is 373 g/mol. The summed E-state index contributed by atoms with van der Waals surface area (Å²) in [5.41, 5.74) is 1.24. The number of ether oxygens (including phenoxy) is 2. The average molecular weight is 373 g/mol. The fraction of sp³-hybridized carbons (Fsp3) is 0.682. The summed E-state index contributed by atoms with van der Waals surface area (Å²) in [7, 11) is 1.71. The van der Waals surface area contributed by atoms with Gasteiger partial charge in [-0.05, 0) is 48.0 Å². The highest BCUT2D eigenvalue weighted by Crippen LogP contribution is 2.70. The maximum absolute atomic E-state index is 12.4. The van der Waals surface area contributed by atoms with Crippen molar-refractivity contribution in [3.8, 4) is 5.75 Å². The largest absolute Gasteiger partial charge is 0.496 e. The van der Waals surface area contributed by atoms with Crippen LogP contribution in [0.15, 0.2) is 24.3 Å². The van der Waals surface area contributed by atoms with Gasteiger partial charge in [-0.3, -0.25) is 4.79 Å². The zero-order chi connectivity index (χ0) is 19.2. The van der Waals surface area contributed by atoms with Gasteiger partial charge in [0.05, 0.1) is 19.8 Å². The van der Waals surface area contributed by atoms with Crippen molar-refractivity contribution in [3.63, 3.8) is 0 Å². The molecule has 1 amide bonds. The van der Waals surface area contributed by atoms with Crippen molar-refractivity contribution in [2.45, 2.75) is 51.7 Å². The van der Waals surface area contributed by atoms with Crippen molar-refractivity contribution in [2.75, 3.05) is 20.3 Å². The number of hydrogen-bond acceptors (Lipinski definition) is 4. The van der Waals surface area contributed by atoms with Gasteiger partial charge in [-0.25, -0.2) is 0 Å². The van der Waals surface area contributed by atoms with Crippen molar-refractivity contribution in [2.24, 2.45) is 22.7 Å². The topological polar surface area (TPSA) is 67.8 Å². The van der Waals surface area contributed by atoms with Gasteiger partial charge >= 0.3 is 0 Å². The summed E-state index contributed by atoms with van der Waals surface area (Å²) in [6, 6.07) is 8.26. The van der Waals surface area contributed by atoms with Gasteiger partial charge < -0.3 is 19.9 Å². The molecule has 1 aromatic rings. The van der Waals surface area contributed by atoms with Gasteiger partial charge in [0.25, 0.3) is 0 Å². The zero-order valence-corrected chi connectivity index (χ0v) is 16.5. The SMILES string of the molecule is COc1ccccc1[C@H]1OCCC23C[C@@H](C[C@H]12)C(C)(C)[C@@H]3NC(=O)CCO. The predicted molar refractivity (Wildman–Crippen MR) is 102 cm³/mol. The zero-order valence-electron chi connectivity index (χ0n) is 16.5. The quantitative estimate of drug-likeness (QED) is 0.832. The summed E-state index contributed by atoms with van der Waals surface area (Å²) in [6.07, 6.45) is 3.43. The Bertz CT molecular complexity index is 718. The van der Waals surface area contributed by atoms with Gasteiger partial charge in [0.2, 0.25) is 5.91 Å². The Morgan fingerprint density at radius 3 is 2.89 bits per heavy atom. The van der Waals surface area contributed by atoms with Crippen LogP contribution >= 0.6 is 0 Å². The third-order valence-corrected chi connectivity index (χ3v) is 7.59. The van der Waals surface area contributed by atoms with Crippen molar-refractivity contribution < 1.29 is 19.4 Å². The number of para-hydroxylation sites is 1. The second-order valence-corrected chi connectivity index (χ2v) is 9.06. The van der Waals surface area contributed by atoms with Crippen molar-refractivity contribution in [1.29, 1.82) is 0 Å². The third-order valence-electron chi connectivity index (χ3n) is 7.59. The lowest BCUT2D eigenvalue weighted by Crippen LogP contribution is -2.59. The fourth-order valence-corrected chi connectivity index (χ4v) is 6.33. The summed E-state index contributed by atoms with van der Waals surface area (Å²) >= 11 is 0. The molecule has 1 heterocycles. The third kappa shape index (κ3) is 2.78. The molecule has 3 fully saturated rings. The van der Waals surface area contributed by atoms with E-state index < -0.39 is 0 Å². The van der Waals surface area contributed by atoms with Crippen molar-refractivity contribution in [1.82, 2.24) is 5.32 Å². The Balaban J connectivity index is 1.69. The minimum absolute atomic E-state index is 0.00763. The molecule has 5 atom stereocenters. The van der Waals surface area contributed by atoms with E-state index in [-0.39, 0.29) is 41.9 Å². The number of carbonyl (C=O) groups excluding carboxylic acids is 1. The molecular weight excluding hydrogens is 342 g/mol. The van der Waals surface area contributed by atoms with E-state index in [2.05, 4.69) is 25.2 Å². The highest BCUT2D eigenvalue weighted by molar-refractivity contribution is 5.76. The van der Waals surface area contributed by atoms with E-state index in [1.165, 1.54) is 0 Å². The average Bonchev–Trinajstić information content (AvgIpc) is 3.14. The van der Waals surface area contributed by atoms with Gasteiger partial charge in [0.1, 0.15) is 5.75 Å². The maximum Gasteiger partial charge on any atom is 0.222 e. The Kier molecular flexibility index (Phi) is 4.71. The molecule has 0 aromatic heterocycles. The Labute approximate surface area is 161 Å². The lowest BCUT2D eigenvalue weighted by molar-refractivity contribution is -0.137. The molecule has 1 spiro atoms. The van der Waals surface area contributed by atoms with Gasteiger partial charge in [-0.15, -0.1) is 0 Å². The van der Waals surface area contributed by atoms with E-state index in [4.69, 9.17) is 14.6 Å². The molecule has 27 heavy (non-hydrogen) atoms. The van der Waals surface area contributed by atoms with Crippen LogP contribution in [0.25, 0.3) is 0 Å². The van der Waals surface area contributed by atoms with Crippen LogP contribution in [-0.4, -0.2) is 37.4 Å². The fourth-order valence-electron chi connectivity index (χ4n) is 6.33. The molecular formula is C22H31NO4. The Morgan fingerprint density at radius 2 is 2.15 bits per heavy atom. The Hall–Kier alpha value is -1.59. The minimum Gasteiger partial charge on any atom is -0.496 e. The predicted octanol–water partition coefficient (Wildman–Crippen LogP) is 3.08. The van der Waals surface area contributed by atoms with E-state index in [9.17, 15) is 4.79 Å². The number of methoxy groups -OCH3 is 1. The second-order valence-electron chi connectivity index (χ2n) is 9.06.